The summed E-state index contributed by atoms with van der Waals surface area (Å²) in [6.45, 7) is 4.36. The first-order valence-corrected chi connectivity index (χ1v) is 6.67. The molecule has 0 aliphatic heterocycles. The summed E-state index contributed by atoms with van der Waals surface area (Å²) in [5.74, 6) is 1.35. The molecular formula is C13H14Cl2N4. The zero-order chi connectivity index (χ0) is 13.8. The summed E-state index contributed by atoms with van der Waals surface area (Å²) in [6.07, 6.45) is 2.44. The maximum Gasteiger partial charge on any atom is 0.148 e. The van der Waals surface area contributed by atoms with E-state index in [4.69, 9.17) is 23.2 Å². The van der Waals surface area contributed by atoms with Crippen LogP contribution in [0.3, 0.4) is 0 Å². The van der Waals surface area contributed by atoms with Crippen LogP contribution in [0.25, 0.3) is 0 Å². The number of pyridine rings is 1. The van der Waals surface area contributed by atoms with E-state index in [0.717, 1.165) is 11.4 Å². The largest absolute Gasteiger partial charge is 0.368 e. The van der Waals surface area contributed by atoms with Gasteiger partial charge < -0.3 is 5.32 Å². The second-order valence-electron chi connectivity index (χ2n) is 4.13. The summed E-state index contributed by atoms with van der Waals surface area (Å²) >= 11 is 12.2. The van der Waals surface area contributed by atoms with Gasteiger partial charge in [-0.2, -0.15) is 0 Å². The molecule has 0 aliphatic carbocycles. The molecule has 2 heterocycles. The van der Waals surface area contributed by atoms with E-state index in [1.54, 1.807) is 6.20 Å². The maximum absolute atomic E-state index is 6.15. The number of halogens is 2. The van der Waals surface area contributed by atoms with Crippen molar-refractivity contribution < 1.29 is 0 Å². The van der Waals surface area contributed by atoms with Gasteiger partial charge in [-0.05, 0) is 26.0 Å². The first-order chi connectivity index (χ1) is 9.08. The van der Waals surface area contributed by atoms with Crippen LogP contribution >= 0.6 is 23.2 Å². The molecule has 0 saturated carbocycles. The summed E-state index contributed by atoms with van der Waals surface area (Å²) in [5.41, 5.74) is 1.63. The topological polar surface area (TPSA) is 50.7 Å². The predicted molar refractivity (Wildman–Crippen MR) is 78.0 cm³/mol. The molecule has 0 aliphatic rings. The van der Waals surface area contributed by atoms with Crippen molar-refractivity contribution in [2.24, 2.45) is 0 Å². The number of hydrogen-bond acceptors (Lipinski definition) is 4. The number of anilines is 1. The Morgan fingerprint density at radius 1 is 1.21 bits per heavy atom. The minimum Gasteiger partial charge on any atom is -0.368 e. The summed E-state index contributed by atoms with van der Waals surface area (Å²) < 4.78 is 0. The van der Waals surface area contributed by atoms with Crippen molar-refractivity contribution in [2.75, 3.05) is 11.9 Å². The Hall–Kier alpha value is -1.39. The Kier molecular flexibility index (Phi) is 4.56. The number of nitrogens with one attached hydrogen (secondary N) is 1. The van der Waals surface area contributed by atoms with Crippen molar-refractivity contribution in [1.82, 2.24) is 15.0 Å². The van der Waals surface area contributed by atoms with Gasteiger partial charge in [0, 0.05) is 19.2 Å². The average molecular weight is 297 g/mol. The molecule has 0 aromatic carbocycles. The zero-order valence-corrected chi connectivity index (χ0v) is 12.3. The molecule has 0 bridgehead atoms. The molecule has 100 valence electrons. The summed E-state index contributed by atoms with van der Waals surface area (Å²) in [5, 5.41) is 4.41. The second kappa shape index (κ2) is 6.17. The predicted octanol–water partition coefficient (Wildman–Crippen LogP) is 3.45. The summed E-state index contributed by atoms with van der Waals surface area (Å²) in [4.78, 5) is 12.7. The van der Waals surface area contributed by atoms with Gasteiger partial charge in [0.05, 0.1) is 16.4 Å². The lowest BCUT2D eigenvalue weighted by atomic mass is 10.2. The van der Waals surface area contributed by atoms with E-state index >= 15 is 0 Å². The summed E-state index contributed by atoms with van der Waals surface area (Å²) in [7, 11) is 0. The Labute approximate surface area is 122 Å². The van der Waals surface area contributed by atoms with E-state index in [1.165, 1.54) is 0 Å². The Balaban J connectivity index is 2.02. The van der Waals surface area contributed by atoms with Crippen molar-refractivity contribution in [3.05, 3.63) is 45.6 Å². The highest BCUT2D eigenvalue weighted by molar-refractivity contribution is 6.33. The number of rotatable bonds is 4. The molecule has 0 radical (unpaired) electrons. The van der Waals surface area contributed by atoms with Crippen LogP contribution in [-0.2, 0) is 6.42 Å². The molecule has 2 aromatic heterocycles. The van der Waals surface area contributed by atoms with Crippen LogP contribution in [0.4, 0.5) is 5.82 Å². The quantitative estimate of drug-likeness (QED) is 0.939. The molecule has 2 aromatic rings. The third-order valence-corrected chi connectivity index (χ3v) is 3.41. The van der Waals surface area contributed by atoms with E-state index in [2.05, 4.69) is 20.3 Å². The van der Waals surface area contributed by atoms with Gasteiger partial charge in [-0.25, -0.2) is 9.97 Å². The number of hydrogen-bond donors (Lipinski definition) is 1. The molecule has 0 atom stereocenters. The van der Waals surface area contributed by atoms with Crippen LogP contribution in [0.1, 0.15) is 17.2 Å². The Morgan fingerprint density at radius 3 is 2.74 bits per heavy atom. The molecule has 0 fully saturated rings. The third kappa shape index (κ3) is 3.55. The minimum absolute atomic E-state index is 0.553. The lowest BCUT2D eigenvalue weighted by Crippen LogP contribution is -2.10. The fraction of sp³-hybridized carbons (Fsp3) is 0.308. The van der Waals surface area contributed by atoms with Crippen molar-refractivity contribution in [3.8, 4) is 0 Å². The smallest absolute Gasteiger partial charge is 0.148 e. The molecule has 1 N–H and O–H groups in total. The van der Waals surface area contributed by atoms with Gasteiger partial charge in [0.25, 0.3) is 0 Å². The van der Waals surface area contributed by atoms with Crippen molar-refractivity contribution in [2.45, 2.75) is 20.3 Å². The lowest BCUT2D eigenvalue weighted by molar-refractivity contribution is 0.937. The lowest BCUT2D eigenvalue weighted by Gasteiger charge is -2.10. The normalized spacial score (nSPS) is 10.5. The van der Waals surface area contributed by atoms with E-state index < -0.39 is 0 Å². The molecule has 0 saturated heterocycles. The number of nitrogens with zero attached hydrogens (tertiary/aromatic N) is 3. The van der Waals surface area contributed by atoms with E-state index in [-0.39, 0.29) is 0 Å². The standard InChI is InChI=1S/C13H14Cl2N4/c1-8-12(15)13(19-9(2)18-8)17-7-5-11-10(14)4-3-6-16-11/h3-4,6H,5,7H2,1-2H3,(H,17,18,19). The van der Waals surface area contributed by atoms with Gasteiger partial charge >= 0.3 is 0 Å². The monoisotopic (exact) mass is 296 g/mol. The van der Waals surface area contributed by atoms with Crippen molar-refractivity contribution >= 4 is 29.0 Å². The molecule has 0 amide bonds. The number of aryl methyl sites for hydroxylation is 2. The molecular weight excluding hydrogens is 283 g/mol. The van der Waals surface area contributed by atoms with Crippen molar-refractivity contribution in [3.63, 3.8) is 0 Å². The average Bonchev–Trinajstić information content (AvgIpc) is 2.37. The molecule has 0 unspecified atom stereocenters. The zero-order valence-electron chi connectivity index (χ0n) is 10.7. The van der Waals surface area contributed by atoms with Crippen LogP contribution in [0.2, 0.25) is 10.0 Å². The van der Waals surface area contributed by atoms with Gasteiger partial charge in [-0.15, -0.1) is 0 Å². The van der Waals surface area contributed by atoms with Crippen LogP contribution < -0.4 is 5.32 Å². The highest BCUT2D eigenvalue weighted by Gasteiger charge is 2.08. The minimum atomic E-state index is 0.553. The second-order valence-corrected chi connectivity index (χ2v) is 4.91. The Bertz CT molecular complexity index is 587. The fourth-order valence-corrected chi connectivity index (χ4v) is 2.09. The fourth-order valence-electron chi connectivity index (χ4n) is 1.72. The van der Waals surface area contributed by atoms with Crippen LogP contribution in [0.15, 0.2) is 18.3 Å². The molecule has 19 heavy (non-hydrogen) atoms. The van der Waals surface area contributed by atoms with Crippen molar-refractivity contribution in [1.29, 1.82) is 0 Å². The van der Waals surface area contributed by atoms with Gasteiger partial charge in [0.1, 0.15) is 16.7 Å². The molecule has 0 spiro atoms. The van der Waals surface area contributed by atoms with Crippen LogP contribution in [0, 0.1) is 13.8 Å². The molecule has 2 rings (SSSR count). The first-order valence-electron chi connectivity index (χ1n) is 5.92. The van der Waals surface area contributed by atoms with Gasteiger partial charge in [-0.1, -0.05) is 23.2 Å². The van der Waals surface area contributed by atoms with E-state index in [9.17, 15) is 0 Å². The summed E-state index contributed by atoms with van der Waals surface area (Å²) in [6, 6.07) is 3.64. The Morgan fingerprint density at radius 2 is 2.00 bits per heavy atom. The van der Waals surface area contributed by atoms with Crippen LogP contribution in [0.5, 0.6) is 0 Å². The highest BCUT2D eigenvalue weighted by Crippen LogP contribution is 2.22. The van der Waals surface area contributed by atoms with Crippen LogP contribution in [-0.4, -0.2) is 21.5 Å². The van der Waals surface area contributed by atoms with E-state index in [1.807, 2.05) is 26.0 Å². The number of aromatic nitrogens is 3. The van der Waals surface area contributed by atoms with Gasteiger partial charge in [0.2, 0.25) is 0 Å². The van der Waals surface area contributed by atoms with Gasteiger partial charge in [-0.3, -0.25) is 4.98 Å². The SMILES string of the molecule is Cc1nc(C)c(Cl)c(NCCc2ncccc2Cl)n1. The van der Waals surface area contributed by atoms with E-state index in [0.29, 0.717) is 34.7 Å². The highest BCUT2D eigenvalue weighted by atomic mass is 35.5. The molecule has 4 nitrogen and oxygen atoms in total. The van der Waals surface area contributed by atoms with Gasteiger partial charge in [0.15, 0.2) is 0 Å². The maximum atomic E-state index is 6.15. The first kappa shape index (κ1) is 14.0. The third-order valence-electron chi connectivity index (χ3n) is 2.62. The molecule has 6 heteroatoms.